The molecule has 0 aliphatic heterocycles. The second-order valence-electron chi connectivity index (χ2n) is 6.96. The second kappa shape index (κ2) is 7.51. The average molecular weight is 387 g/mol. The zero-order valence-corrected chi connectivity index (χ0v) is 15.4. The maximum atomic E-state index is 13.3. The highest BCUT2D eigenvalue weighted by Gasteiger charge is 2.25. The van der Waals surface area contributed by atoms with Crippen LogP contribution in [0.5, 0.6) is 0 Å². The fraction of sp³-hybridized carbons (Fsp3) is 0.588. The van der Waals surface area contributed by atoms with Crippen molar-refractivity contribution in [2.45, 2.75) is 64.1 Å². The van der Waals surface area contributed by atoms with Crippen LogP contribution in [-0.2, 0) is 4.74 Å². The van der Waals surface area contributed by atoms with E-state index in [0.717, 1.165) is 35.8 Å². The van der Waals surface area contributed by atoms with E-state index in [-0.39, 0.29) is 24.0 Å². The van der Waals surface area contributed by atoms with Crippen LogP contribution in [0, 0.1) is 5.82 Å². The molecule has 4 nitrogen and oxygen atoms in total. The maximum Gasteiger partial charge on any atom is 0.407 e. The quantitative estimate of drug-likeness (QED) is 0.781. The SMILES string of the molecule is CC(C)(C)OC(=O)NC1CCC(Nc2cc(F)ccc2Br)CC1. The summed E-state index contributed by atoms with van der Waals surface area (Å²) in [7, 11) is 0. The smallest absolute Gasteiger partial charge is 0.407 e. The number of alkyl carbamates (subject to hydrolysis) is 1. The number of hydrogen-bond donors (Lipinski definition) is 2. The van der Waals surface area contributed by atoms with Crippen LogP contribution in [0.2, 0.25) is 0 Å². The molecule has 1 amide bonds. The van der Waals surface area contributed by atoms with E-state index >= 15 is 0 Å². The van der Waals surface area contributed by atoms with Gasteiger partial charge in [0.05, 0.1) is 5.69 Å². The Hall–Kier alpha value is -1.30. The van der Waals surface area contributed by atoms with Crippen molar-refractivity contribution in [3.8, 4) is 0 Å². The van der Waals surface area contributed by atoms with Gasteiger partial charge in [0, 0.05) is 16.6 Å². The molecule has 1 aliphatic rings. The topological polar surface area (TPSA) is 50.4 Å². The lowest BCUT2D eigenvalue weighted by atomic mass is 9.91. The molecule has 2 N–H and O–H groups in total. The molecule has 0 bridgehead atoms. The van der Waals surface area contributed by atoms with E-state index in [4.69, 9.17) is 4.74 Å². The lowest BCUT2D eigenvalue weighted by Gasteiger charge is -2.31. The fourth-order valence-electron chi connectivity index (χ4n) is 2.68. The first-order valence-corrected chi connectivity index (χ1v) is 8.73. The standard InChI is InChI=1S/C17H24BrFN2O2/c1-17(2,3)23-16(22)21-13-7-5-12(6-8-13)20-15-10-11(19)4-9-14(15)18/h4,9-10,12-13,20H,5-8H2,1-3H3,(H,21,22). The van der Waals surface area contributed by atoms with Crippen molar-refractivity contribution in [3.63, 3.8) is 0 Å². The van der Waals surface area contributed by atoms with E-state index in [1.54, 1.807) is 6.07 Å². The van der Waals surface area contributed by atoms with Crippen molar-refractivity contribution in [1.29, 1.82) is 0 Å². The van der Waals surface area contributed by atoms with Crippen molar-refractivity contribution < 1.29 is 13.9 Å². The number of hydrogen-bond acceptors (Lipinski definition) is 3. The van der Waals surface area contributed by atoms with Crippen molar-refractivity contribution in [2.75, 3.05) is 5.32 Å². The third-order valence-corrected chi connectivity index (χ3v) is 4.43. The number of anilines is 1. The predicted octanol–water partition coefficient (Wildman–Crippen LogP) is 4.84. The van der Waals surface area contributed by atoms with Crippen molar-refractivity contribution >= 4 is 27.7 Å². The first-order valence-electron chi connectivity index (χ1n) is 7.94. The van der Waals surface area contributed by atoms with E-state index in [1.807, 2.05) is 20.8 Å². The zero-order valence-electron chi connectivity index (χ0n) is 13.8. The molecule has 1 aromatic carbocycles. The average Bonchev–Trinajstić information content (AvgIpc) is 2.43. The van der Waals surface area contributed by atoms with Crippen LogP contribution in [0.4, 0.5) is 14.9 Å². The fourth-order valence-corrected chi connectivity index (χ4v) is 3.05. The summed E-state index contributed by atoms with van der Waals surface area (Å²) in [5, 5.41) is 6.29. The van der Waals surface area contributed by atoms with Crippen molar-refractivity contribution in [3.05, 3.63) is 28.5 Å². The summed E-state index contributed by atoms with van der Waals surface area (Å²) in [6, 6.07) is 5.04. The van der Waals surface area contributed by atoms with Gasteiger partial charge in [0.25, 0.3) is 0 Å². The highest BCUT2D eigenvalue weighted by Crippen LogP contribution is 2.28. The van der Waals surface area contributed by atoms with Crippen LogP contribution in [0.25, 0.3) is 0 Å². The summed E-state index contributed by atoms with van der Waals surface area (Å²) in [6.07, 6.45) is 3.24. The summed E-state index contributed by atoms with van der Waals surface area (Å²) in [5.74, 6) is -0.254. The number of halogens is 2. The Morgan fingerprint density at radius 3 is 2.43 bits per heavy atom. The lowest BCUT2D eigenvalue weighted by molar-refractivity contribution is 0.0492. The number of rotatable bonds is 3. The molecule has 1 aromatic rings. The molecular weight excluding hydrogens is 363 g/mol. The molecule has 0 heterocycles. The van der Waals surface area contributed by atoms with E-state index in [9.17, 15) is 9.18 Å². The minimum absolute atomic E-state index is 0.138. The Bertz CT molecular complexity index is 552. The maximum absolute atomic E-state index is 13.3. The Morgan fingerprint density at radius 2 is 1.83 bits per heavy atom. The molecule has 1 aliphatic carbocycles. The number of carbonyl (C=O) groups excluding carboxylic acids is 1. The van der Waals surface area contributed by atoms with Crippen molar-refractivity contribution in [1.82, 2.24) is 5.32 Å². The number of benzene rings is 1. The molecule has 128 valence electrons. The van der Waals surface area contributed by atoms with Crippen LogP contribution in [-0.4, -0.2) is 23.8 Å². The lowest BCUT2D eigenvalue weighted by Crippen LogP contribution is -2.42. The molecule has 0 aromatic heterocycles. The largest absolute Gasteiger partial charge is 0.444 e. The van der Waals surface area contributed by atoms with Crippen LogP contribution < -0.4 is 10.6 Å². The van der Waals surface area contributed by atoms with Gasteiger partial charge >= 0.3 is 6.09 Å². The summed E-state index contributed by atoms with van der Waals surface area (Å²) in [4.78, 5) is 11.8. The van der Waals surface area contributed by atoms with Gasteiger partial charge in [-0.15, -0.1) is 0 Å². The van der Waals surface area contributed by atoms with Gasteiger partial charge in [0.15, 0.2) is 0 Å². The Morgan fingerprint density at radius 1 is 1.22 bits per heavy atom. The van der Waals surface area contributed by atoms with E-state index < -0.39 is 5.60 Å². The molecule has 0 spiro atoms. The van der Waals surface area contributed by atoms with Crippen molar-refractivity contribution in [2.24, 2.45) is 0 Å². The molecule has 0 radical (unpaired) electrons. The first-order chi connectivity index (χ1) is 10.7. The summed E-state index contributed by atoms with van der Waals surface area (Å²) < 4.78 is 19.5. The van der Waals surface area contributed by atoms with Gasteiger partial charge in [-0.1, -0.05) is 0 Å². The first kappa shape index (κ1) is 18.0. The Kier molecular flexibility index (Phi) is 5.89. The third-order valence-electron chi connectivity index (χ3n) is 3.74. The highest BCUT2D eigenvalue weighted by molar-refractivity contribution is 9.10. The van der Waals surface area contributed by atoms with E-state index in [0.29, 0.717) is 0 Å². The molecule has 0 unspecified atom stereocenters. The number of ether oxygens (including phenoxy) is 1. The van der Waals surface area contributed by atoms with E-state index in [2.05, 4.69) is 26.6 Å². The summed E-state index contributed by atoms with van der Waals surface area (Å²) in [6.45, 7) is 5.55. The normalized spacial score (nSPS) is 21.6. The van der Waals surface area contributed by atoms with E-state index in [1.165, 1.54) is 12.1 Å². The van der Waals surface area contributed by atoms with Gasteiger partial charge in [-0.3, -0.25) is 0 Å². The molecule has 23 heavy (non-hydrogen) atoms. The number of carbonyl (C=O) groups is 1. The van der Waals surface area contributed by atoms with Gasteiger partial charge in [-0.05, 0) is 80.6 Å². The van der Waals surface area contributed by atoms with Gasteiger partial charge in [-0.2, -0.15) is 0 Å². The molecule has 0 atom stereocenters. The molecule has 1 fully saturated rings. The van der Waals surface area contributed by atoms with Gasteiger partial charge in [0.2, 0.25) is 0 Å². The predicted molar refractivity (Wildman–Crippen MR) is 93.1 cm³/mol. The molecule has 6 heteroatoms. The van der Waals surface area contributed by atoms with Crippen LogP contribution in [0.3, 0.4) is 0 Å². The molecule has 0 saturated heterocycles. The van der Waals surface area contributed by atoms with Crippen LogP contribution in [0.15, 0.2) is 22.7 Å². The molecule has 1 saturated carbocycles. The minimum atomic E-state index is -0.480. The summed E-state index contributed by atoms with van der Waals surface area (Å²) in [5.41, 5.74) is 0.292. The second-order valence-corrected chi connectivity index (χ2v) is 7.82. The monoisotopic (exact) mass is 386 g/mol. The third kappa shape index (κ3) is 6.01. The van der Waals surface area contributed by atoms with Gasteiger partial charge in [-0.25, -0.2) is 9.18 Å². The van der Waals surface area contributed by atoms with Gasteiger partial charge in [0.1, 0.15) is 11.4 Å². The molecule has 2 rings (SSSR count). The zero-order chi connectivity index (χ0) is 17.0. The Balaban J connectivity index is 1.80. The Labute approximate surface area is 145 Å². The highest BCUT2D eigenvalue weighted by atomic mass is 79.9. The van der Waals surface area contributed by atoms with Gasteiger partial charge < -0.3 is 15.4 Å². The van der Waals surface area contributed by atoms with Crippen LogP contribution in [0.1, 0.15) is 46.5 Å². The number of amides is 1. The summed E-state index contributed by atoms with van der Waals surface area (Å²) >= 11 is 3.43. The molecular formula is C17H24BrFN2O2. The van der Waals surface area contributed by atoms with Crippen LogP contribution >= 0.6 is 15.9 Å². The minimum Gasteiger partial charge on any atom is -0.444 e. The number of nitrogens with one attached hydrogen (secondary N) is 2.